The molecule has 1 aliphatic heterocycles. The molecule has 1 saturated heterocycles. The molecule has 37 heavy (non-hydrogen) atoms. The molecule has 3 aromatic carbocycles. The van der Waals surface area contributed by atoms with Crippen LogP contribution in [0.3, 0.4) is 0 Å². The Morgan fingerprint density at radius 2 is 1.76 bits per heavy atom. The van der Waals surface area contributed by atoms with E-state index in [9.17, 15) is 19.7 Å². The van der Waals surface area contributed by atoms with Crippen molar-refractivity contribution in [3.8, 4) is 11.5 Å². The second-order valence-electron chi connectivity index (χ2n) is 8.34. The Morgan fingerprint density at radius 3 is 2.49 bits per heavy atom. The zero-order chi connectivity index (χ0) is 26.5. The molecule has 0 aliphatic carbocycles. The highest BCUT2D eigenvalue weighted by atomic mass is 79.9. The Hall–Kier alpha value is -4.18. The van der Waals surface area contributed by atoms with Gasteiger partial charge in [-0.2, -0.15) is 0 Å². The molecule has 4 rings (SSSR count). The lowest BCUT2D eigenvalue weighted by molar-refractivity contribution is -0.384. The maximum atomic E-state index is 13.0. The highest BCUT2D eigenvalue weighted by Gasteiger charge is 2.33. The van der Waals surface area contributed by atoms with Gasteiger partial charge in [0.05, 0.1) is 18.1 Å². The van der Waals surface area contributed by atoms with Crippen molar-refractivity contribution in [1.29, 1.82) is 0 Å². The van der Waals surface area contributed by atoms with Crippen molar-refractivity contribution < 1.29 is 24.0 Å². The van der Waals surface area contributed by atoms with E-state index >= 15 is 0 Å². The van der Waals surface area contributed by atoms with Gasteiger partial charge in [-0.05, 0) is 48.7 Å². The summed E-state index contributed by atoms with van der Waals surface area (Å²) >= 11 is 3.50. The zero-order valence-corrected chi connectivity index (χ0v) is 21.8. The van der Waals surface area contributed by atoms with Gasteiger partial charge in [0.15, 0.2) is 11.5 Å². The topological polar surface area (TPSA) is 111 Å². The molecular weight excluding hydrogens is 542 g/mol. The maximum Gasteiger partial charge on any atom is 0.329 e. The fraction of sp³-hybridized carbons (Fsp3) is 0.185. The largest absolute Gasteiger partial charge is 0.490 e. The van der Waals surface area contributed by atoms with Crippen LogP contribution in [0.15, 0.2) is 70.8 Å². The first-order valence-corrected chi connectivity index (χ1v) is 12.3. The summed E-state index contributed by atoms with van der Waals surface area (Å²) in [5, 5.41) is 13.7. The standard InChI is InChI=1S/C27H24BrN3O6/c1-3-36-24-13-20(22(28)14-25(24)37-16-19-8-5-9-21(11-19)31(34)35)12-23-26(32)30(27(33)29-23)15-18-7-4-6-17(2)10-18/h4-14H,3,15-16H2,1-2H3,(H,29,33)/b23-12+. The molecule has 1 aliphatic rings. The summed E-state index contributed by atoms with van der Waals surface area (Å²) in [6, 6.07) is 16.7. The Balaban J connectivity index is 1.55. The SMILES string of the molecule is CCOc1cc(/C=C2/NC(=O)N(Cc3cccc(C)c3)C2=O)c(Br)cc1OCc1cccc([N+](=O)[O-])c1. The Morgan fingerprint density at radius 1 is 1.03 bits per heavy atom. The molecule has 0 aromatic heterocycles. The highest BCUT2D eigenvalue weighted by molar-refractivity contribution is 9.10. The van der Waals surface area contributed by atoms with Crippen LogP contribution in [0, 0.1) is 17.0 Å². The molecule has 1 heterocycles. The lowest BCUT2D eigenvalue weighted by Crippen LogP contribution is -2.30. The van der Waals surface area contributed by atoms with Crippen LogP contribution in [0.1, 0.15) is 29.2 Å². The van der Waals surface area contributed by atoms with Crippen molar-refractivity contribution in [3.05, 3.63) is 103 Å². The molecule has 3 aromatic rings. The molecule has 1 fully saturated rings. The molecule has 0 saturated carbocycles. The lowest BCUT2D eigenvalue weighted by Gasteiger charge is -2.14. The number of halogens is 1. The molecule has 0 radical (unpaired) electrons. The number of rotatable bonds is 9. The van der Waals surface area contributed by atoms with E-state index in [1.165, 1.54) is 12.1 Å². The van der Waals surface area contributed by atoms with Gasteiger partial charge in [0.25, 0.3) is 11.6 Å². The number of aryl methyl sites for hydroxylation is 1. The second-order valence-corrected chi connectivity index (χ2v) is 9.19. The summed E-state index contributed by atoms with van der Waals surface area (Å²) in [6.45, 7) is 4.40. The molecule has 10 heteroatoms. The number of nitrogens with zero attached hydrogens (tertiary/aromatic N) is 2. The van der Waals surface area contributed by atoms with Gasteiger partial charge < -0.3 is 14.8 Å². The van der Waals surface area contributed by atoms with Crippen LogP contribution < -0.4 is 14.8 Å². The van der Waals surface area contributed by atoms with Gasteiger partial charge in [0, 0.05) is 16.6 Å². The van der Waals surface area contributed by atoms with E-state index in [0.29, 0.717) is 33.7 Å². The molecule has 3 amide bonds. The van der Waals surface area contributed by atoms with E-state index in [2.05, 4.69) is 21.2 Å². The summed E-state index contributed by atoms with van der Waals surface area (Å²) in [6.07, 6.45) is 1.58. The molecule has 0 spiro atoms. The third-order valence-corrected chi connectivity index (χ3v) is 6.25. The van der Waals surface area contributed by atoms with Gasteiger partial charge in [-0.3, -0.25) is 19.8 Å². The lowest BCUT2D eigenvalue weighted by atomic mass is 10.1. The average molecular weight is 566 g/mol. The molecule has 9 nitrogen and oxygen atoms in total. The van der Waals surface area contributed by atoms with Crippen molar-refractivity contribution >= 4 is 39.6 Å². The number of non-ortho nitro benzene ring substituents is 1. The molecule has 1 N–H and O–H groups in total. The smallest absolute Gasteiger partial charge is 0.329 e. The third kappa shape index (κ3) is 6.15. The summed E-state index contributed by atoms with van der Waals surface area (Å²) in [5.41, 5.74) is 3.26. The van der Waals surface area contributed by atoms with Gasteiger partial charge >= 0.3 is 6.03 Å². The van der Waals surface area contributed by atoms with Crippen LogP contribution in [-0.4, -0.2) is 28.4 Å². The highest BCUT2D eigenvalue weighted by Crippen LogP contribution is 2.36. The molecule has 0 bridgehead atoms. The van der Waals surface area contributed by atoms with Crippen LogP contribution in [0.5, 0.6) is 11.5 Å². The van der Waals surface area contributed by atoms with Gasteiger partial charge in [0.1, 0.15) is 12.3 Å². The number of carbonyl (C=O) groups is 2. The fourth-order valence-corrected chi connectivity index (χ4v) is 4.26. The van der Waals surface area contributed by atoms with E-state index in [4.69, 9.17) is 9.47 Å². The summed E-state index contributed by atoms with van der Waals surface area (Å²) in [4.78, 5) is 37.3. The van der Waals surface area contributed by atoms with Crippen LogP contribution in [0.4, 0.5) is 10.5 Å². The van der Waals surface area contributed by atoms with Crippen LogP contribution in [-0.2, 0) is 17.9 Å². The number of amides is 3. The minimum Gasteiger partial charge on any atom is -0.490 e. The zero-order valence-electron chi connectivity index (χ0n) is 20.2. The predicted molar refractivity (Wildman–Crippen MR) is 141 cm³/mol. The first-order chi connectivity index (χ1) is 17.7. The van der Waals surface area contributed by atoms with E-state index in [-0.39, 0.29) is 24.5 Å². The number of nitro groups is 1. The molecular formula is C27H24BrN3O6. The van der Waals surface area contributed by atoms with E-state index < -0.39 is 16.9 Å². The number of urea groups is 1. The van der Waals surface area contributed by atoms with Crippen LogP contribution in [0.2, 0.25) is 0 Å². The van der Waals surface area contributed by atoms with Gasteiger partial charge in [-0.15, -0.1) is 0 Å². The van der Waals surface area contributed by atoms with Crippen molar-refractivity contribution in [2.24, 2.45) is 0 Å². The van der Waals surface area contributed by atoms with Crippen molar-refractivity contribution in [2.45, 2.75) is 27.0 Å². The Bertz CT molecular complexity index is 1400. The van der Waals surface area contributed by atoms with Gasteiger partial charge in [-0.1, -0.05) is 57.9 Å². The van der Waals surface area contributed by atoms with E-state index in [1.54, 1.807) is 30.3 Å². The summed E-state index contributed by atoms with van der Waals surface area (Å²) in [7, 11) is 0. The number of imide groups is 1. The van der Waals surface area contributed by atoms with Crippen molar-refractivity contribution in [1.82, 2.24) is 10.2 Å². The molecule has 0 unspecified atom stereocenters. The maximum absolute atomic E-state index is 13.0. The predicted octanol–water partition coefficient (Wildman–Crippen LogP) is 5.74. The Labute approximate surface area is 222 Å². The number of carbonyl (C=O) groups excluding carboxylic acids is 2. The van der Waals surface area contributed by atoms with Crippen molar-refractivity contribution in [2.75, 3.05) is 6.61 Å². The average Bonchev–Trinajstić information content (AvgIpc) is 3.12. The molecule has 190 valence electrons. The minimum absolute atomic E-state index is 0.0194. The van der Waals surface area contributed by atoms with Crippen LogP contribution >= 0.6 is 15.9 Å². The normalized spacial score (nSPS) is 14.1. The Kier molecular flexibility index (Phi) is 7.88. The summed E-state index contributed by atoms with van der Waals surface area (Å²) in [5.74, 6) is 0.420. The fourth-order valence-electron chi connectivity index (χ4n) is 3.83. The summed E-state index contributed by atoms with van der Waals surface area (Å²) < 4.78 is 12.3. The van der Waals surface area contributed by atoms with Gasteiger partial charge in [-0.25, -0.2) is 4.79 Å². The van der Waals surface area contributed by atoms with E-state index in [0.717, 1.165) is 16.0 Å². The first-order valence-electron chi connectivity index (χ1n) is 11.5. The quantitative estimate of drug-likeness (QED) is 0.153. The number of hydrogen-bond acceptors (Lipinski definition) is 6. The number of nitro benzene ring substituents is 1. The number of nitrogens with one attached hydrogen (secondary N) is 1. The monoisotopic (exact) mass is 565 g/mol. The minimum atomic E-state index is -0.490. The van der Waals surface area contributed by atoms with Gasteiger partial charge in [0.2, 0.25) is 0 Å². The third-order valence-electron chi connectivity index (χ3n) is 5.56. The van der Waals surface area contributed by atoms with E-state index in [1.807, 2.05) is 38.1 Å². The molecule has 0 atom stereocenters. The van der Waals surface area contributed by atoms with Crippen LogP contribution in [0.25, 0.3) is 6.08 Å². The number of ether oxygens (including phenoxy) is 2. The number of benzene rings is 3. The number of hydrogen-bond donors (Lipinski definition) is 1. The first kappa shape index (κ1) is 25.9. The second kappa shape index (κ2) is 11.3. The van der Waals surface area contributed by atoms with Crippen molar-refractivity contribution in [3.63, 3.8) is 0 Å².